The van der Waals surface area contributed by atoms with Crippen molar-refractivity contribution in [3.05, 3.63) is 56.0 Å². The van der Waals surface area contributed by atoms with Crippen LogP contribution in [-0.4, -0.2) is 5.11 Å². The van der Waals surface area contributed by atoms with Crippen molar-refractivity contribution < 1.29 is 9.84 Å². The number of halogens is 1. The molecule has 1 aromatic carbocycles. The van der Waals surface area contributed by atoms with E-state index in [0.717, 1.165) is 14.9 Å². The van der Waals surface area contributed by atoms with Gasteiger partial charge >= 0.3 is 0 Å². The molecule has 0 radical (unpaired) electrons. The number of phenols is 1. The number of allylic oxidation sites excluding steroid dienone is 1. The molecule has 0 saturated heterocycles. The summed E-state index contributed by atoms with van der Waals surface area (Å²) in [6, 6.07) is 8.93. The monoisotopic (exact) mass is 348 g/mol. The Hall–Kier alpha value is -1.97. The third-order valence-electron chi connectivity index (χ3n) is 3.07. The van der Waals surface area contributed by atoms with Gasteiger partial charge in [0.05, 0.1) is 5.92 Å². The van der Waals surface area contributed by atoms with Crippen LogP contribution in [0.25, 0.3) is 0 Å². The standard InChI is InChI=1S/C14H9BrN2O2S/c15-7-3-12(20-6-7)13-9-2-1-8(18)4-11(9)19-14(17)10(13)5-16/h1-4,6,13,18H,17H2/t13-/m1/s1. The molecule has 100 valence electrons. The van der Waals surface area contributed by atoms with Crippen LogP contribution in [0.2, 0.25) is 0 Å². The van der Waals surface area contributed by atoms with Crippen LogP contribution in [-0.2, 0) is 0 Å². The minimum absolute atomic E-state index is 0.0834. The molecule has 20 heavy (non-hydrogen) atoms. The number of hydrogen-bond donors (Lipinski definition) is 2. The van der Waals surface area contributed by atoms with Gasteiger partial charge in [-0.25, -0.2) is 0 Å². The van der Waals surface area contributed by atoms with Gasteiger partial charge in [-0.3, -0.25) is 0 Å². The van der Waals surface area contributed by atoms with Crippen molar-refractivity contribution in [2.45, 2.75) is 5.92 Å². The first-order valence-electron chi connectivity index (χ1n) is 5.74. The third-order valence-corrected chi connectivity index (χ3v) is 4.83. The summed E-state index contributed by atoms with van der Waals surface area (Å²) in [5, 5.41) is 20.9. The fraction of sp³-hybridized carbons (Fsp3) is 0.0714. The van der Waals surface area contributed by atoms with Gasteiger partial charge in [-0.2, -0.15) is 5.26 Å². The van der Waals surface area contributed by atoms with Crippen LogP contribution in [0.5, 0.6) is 11.5 Å². The van der Waals surface area contributed by atoms with Gasteiger partial charge < -0.3 is 15.6 Å². The van der Waals surface area contributed by atoms with Gasteiger partial charge in [-0.1, -0.05) is 6.07 Å². The molecule has 0 spiro atoms. The smallest absolute Gasteiger partial charge is 0.205 e. The lowest BCUT2D eigenvalue weighted by atomic mass is 9.88. The Kier molecular flexibility index (Phi) is 3.16. The average molecular weight is 349 g/mol. The Morgan fingerprint density at radius 3 is 2.85 bits per heavy atom. The summed E-state index contributed by atoms with van der Waals surface area (Å²) < 4.78 is 6.40. The predicted octanol–water partition coefficient (Wildman–Crippen LogP) is 3.43. The molecule has 3 rings (SSSR count). The van der Waals surface area contributed by atoms with Crippen molar-refractivity contribution in [3.63, 3.8) is 0 Å². The summed E-state index contributed by atoms with van der Waals surface area (Å²) in [5.41, 5.74) is 7.04. The Morgan fingerprint density at radius 2 is 2.20 bits per heavy atom. The van der Waals surface area contributed by atoms with E-state index in [-0.39, 0.29) is 17.6 Å². The number of benzene rings is 1. The summed E-state index contributed by atoms with van der Waals surface area (Å²) in [7, 11) is 0. The highest BCUT2D eigenvalue weighted by atomic mass is 79.9. The second-order valence-electron chi connectivity index (χ2n) is 4.31. The predicted molar refractivity (Wildman–Crippen MR) is 79.4 cm³/mol. The summed E-state index contributed by atoms with van der Waals surface area (Å²) >= 11 is 4.96. The molecule has 2 aromatic rings. The van der Waals surface area contributed by atoms with E-state index in [0.29, 0.717) is 11.3 Å². The van der Waals surface area contributed by atoms with Crippen molar-refractivity contribution in [1.82, 2.24) is 0 Å². The maximum absolute atomic E-state index is 9.55. The van der Waals surface area contributed by atoms with E-state index in [4.69, 9.17) is 10.5 Å². The SMILES string of the molecule is N#CC1=C(N)Oc2cc(O)ccc2[C@H]1c1cc(Br)cs1. The van der Waals surface area contributed by atoms with E-state index < -0.39 is 0 Å². The molecular formula is C14H9BrN2O2S. The molecule has 2 heterocycles. The van der Waals surface area contributed by atoms with Gasteiger partial charge in [0.15, 0.2) is 0 Å². The number of nitriles is 1. The molecule has 1 aromatic heterocycles. The minimum Gasteiger partial charge on any atom is -0.508 e. The molecular weight excluding hydrogens is 340 g/mol. The number of hydrogen-bond acceptors (Lipinski definition) is 5. The van der Waals surface area contributed by atoms with Crippen LogP contribution in [0.4, 0.5) is 0 Å². The van der Waals surface area contributed by atoms with Crippen LogP contribution in [0.1, 0.15) is 16.4 Å². The summed E-state index contributed by atoms with van der Waals surface area (Å²) in [4.78, 5) is 0.992. The van der Waals surface area contributed by atoms with Crippen molar-refractivity contribution in [3.8, 4) is 17.6 Å². The van der Waals surface area contributed by atoms with Gasteiger partial charge in [0.1, 0.15) is 23.1 Å². The number of thiophene rings is 1. The first kappa shape index (κ1) is 13.0. The Bertz CT molecular complexity index is 761. The van der Waals surface area contributed by atoms with E-state index in [1.165, 1.54) is 17.4 Å². The van der Waals surface area contributed by atoms with Gasteiger partial charge in [0, 0.05) is 26.4 Å². The number of nitrogens with zero attached hydrogens (tertiary/aromatic N) is 1. The summed E-state index contributed by atoms with van der Waals surface area (Å²) in [6.07, 6.45) is 0. The molecule has 1 aliphatic rings. The molecule has 1 aliphatic heterocycles. The van der Waals surface area contributed by atoms with Gasteiger partial charge in [-0.15, -0.1) is 11.3 Å². The van der Waals surface area contributed by atoms with Crippen molar-refractivity contribution in [1.29, 1.82) is 5.26 Å². The molecule has 0 fully saturated rings. The number of phenolic OH excluding ortho intramolecular Hbond substituents is 1. The van der Waals surface area contributed by atoms with Crippen LogP contribution in [0, 0.1) is 11.3 Å². The van der Waals surface area contributed by atoms with Gasteiger partial charge in [0.2, 0.25) is 5.88 Å². The molecule has 6 heteroatoms. The number of rotatable bonds is 1. The molecule has 0 unspecified atom stereocenters. The van der Waals surface area contributed by atoms with Crippen LogP contribution in [0.15, 0.2) is 45.6 Å². The first-order valence-corrected chi connectivity index (χ1v) is 7.42. The zero-order chi connectivity index (χ0) is 14.3. The van der Waals surface area contributed by atoms with Crippen molar-refractivity contribution in [2.75, 3.05) is 0 Å². The number of aromatic hydroxyl groups is 1. The van der Waals surface area contributed by atoms with Gasteiger partial charge in [-0.05, 0) is 28.1 Å². The maximum atomic E-state index is 9.55. The zero-order valence-corrected chi connectivity index (χ0v) is 12.5. The lowest BCUT2D eigenvalue weighted by Gasteiger charge is -2.25. The summed E-state index contributed by atoms with van der Waals surface area (Å²) in [6.45, 7) is 0. The van der Waals surface area contributed by atoms with E-state index in [2.05, 4.69) is 22.0 Å². The number of fused-ring (bicyclic) bond motifs is 1. The molecule has 0 bridgehead atoms. The summed E-state index contributed by atoms with van der Waals surface area (Å²) in [5.74, 6) is 0.403. The lowest BCUT2D eigenvalue weighted by molar-refractivity contribution is 0.388. The van der Waals surface area contributed by atoms with E-state index in [9.17, 15) is 10.4 Å². The second kappa shape index (κ2) is 4.85. The van der Waals surface area contributed by atoms with E-state index in [1.807, 2.05) is 11.4 Å². The minimum atomic E-state index is -0.263. The van der Waals surface area contributed by atoms with Crippen LogP contribution >= 0.6 is 27.3 Å². The molecule has 3 N–H and O–H groups in total. The highest BCUT2D eigenvalue weighted by molar-refractivity contribution is 9.10. The topological polar surface area (TPSA) is 79.3 Å². The van der Waals surface area contributed by atoms with E-state index in [1.54, 1.807) is 12.1 Å². The van der Waals surface area contributed by atoms with Crippen LogP contribution < -0.4 is 10.5 Å². The maximum Gasteiger partial charge on any atom is 0.205 e. The molecule has 0 aliphatic carbocycles. The normalized spacial score (nSPS) is 17.3. The number of ether oxygens (including phenoxy) is 1. The lowest BCUT2D eigenvalue weighted by Crippen LogP contribution is -2.20. The van der Waals surface area contributed by atoms with Crippen molar-refractivity contribution >= 4 is 27.3 Å². The Balaban J connectivity index is 2.22. The van der Waals surface area contributed by atoms with E-state index >= 15 is 0 Å². The molecule has 0 amide bonds. The highest BCUT2D eigenvalue weighted by Gasteiger charge is 2.31. The number of nitrogens with two attached hydrogens (primary N) is 1. The third kappa shape index (κ3) is 2.05. The first-order chi connectivity index (χ1) is 9.60. The van der Waals surface area contributed by atoms with Crippen molar-refractivity contribution in [2.24, 2.45) is 5.73 Å². The fourth-order valence-electron chi connectivity index (χ4n) is 2.22. The largest absolute Gasteiger partial charge is 0.508 e. The average Bonchev–Trinajstić information content (AvgIpc) is 2.83. The molecule has 1 atom stereocenters. The molecule has 0 saturated carbocycles. The zero-order valence-electron chi connectivity index (χ0n) is 10.1. The second-order valence-corrected chi connectivity index (χ2v) is 6.17. The quantitative estimate of drug-likeness (QED) is 0.827. The Labute approximate surface area is 127 Å². The van der Waals surface area contributed by atoms with Gasteiger partial charge in [0.25, 0.3) is 0 Å². The highest BCUT2D eigenvalue weighted by Crippen LogP contribution is 2.45. The fourth-order valence-corrected chi connectivity index (χ4v) is 3.79. The molecule has 4 nitrogen and oxygen atoms in total. The Morgan fingerprint density at radius 1 is 1.40 bits per heavy atom. The van der Waals surface area contributed by atoms with Crippen LogP contribution in [0.3, 0.4) is 0 Å².